The van der Waals surface area contributed by atoms with Gasteiger partial charge >= 0.3 is 0 Å². The maximum absolute atomic E-state index is 13.9. The number of rotatable bonds is 12. The molecule has 1 N–H and O–H groups in total. The van der Waals surface area contributed by atoms with E-state index in [1.54, 1.807) is 23.1 Å². The highest BCUT2D eigenvalue weighted by Gasteiger charge is 2.23. The van der Waals surface area contributed by atoms with Gasteiger partial charge in [0, 0.05) is 25.8 Å². The Morgan fingerprint density at radius 2 is 1.91 bits per heavy atom. The van der Waals surface area contributed by atoms with E-state index in [0.29, 0.717) is 37.9 Å². The molecule has 0 amide bonds. The Hall–Kier alpha value is -3.46. The number of benzene rings is 2. The highest BCUT2D eigenvalue weighted by Crippen LogP contribution is 2.32. The normalized spacial score (nSPS) is 12.3. The van der Waals surface area contributed by atoms with Crippen molar-refractivity contribution in [3.05, 3.63) is 95.8 Å². The van der Waals surface area contributed by atoms with Crippen LogP contribution in [0.3, 0.4) is 0 Å². The quantitative estimate of drug-likeness (QED) is 0.305. The Labute approximate surface area is 204 Å². The highest BCUT2D eigenvalue weighted by molar-refractivity contribution is 5.43. The Kier molecular flexibility index (Phi) is 8.31. The summed E-state index contributed by atoms with van der Waals surface area (Å²) >= 11 is 0. The molecule has 7 nitrogen and oxygen atoms in total. The first kappa shape index (κ1) is 24.7. The molecule has 4 aromatic rings. The number of aliphatic hydroxyl groups is 1. The van der Waals surface area contributed by atoms with Gasteiger partial charge in [-0.2, -0.15) is 5.10 Å². The summed E-state index contributed by atoms with van der Waals surface area (Å²) in [6, 6.07) is 19.4. The van der Waals surface area contributed by atoms with Crippen LogP contribution in [0.4, 0.5) is 4.39 Å². The van der Waals surface area contributed by atoms with Crippen LogP contribution >= 0.6 is 0 Å². The fourth-order valence-corrected chi connectivity index (χ4v) is 3.85. The van der Waals surface area contributed by atoms with E-state index in [0.717, 1.165) is 22.7 Å². The maximum Gasteiger partial charge on any atom is 0.227 e. The van der Waals surface area contributed by atoms with E-state index in [2.05, 4.69) is 4.90 Å². The molecule has 0 saturated carbocycles. The van der Waals surface area contributed by atoms with E-state index in [1.807, 2.05) is 56.3 Å². The van der Waals surface area contributed by atoms with Gasteiger partial charge in [0.2, 0.25) is 5.88 Å². The zero-order valence-corrected chi connectivity index (χ0v) is 19.9. The van der Waals surface area contributed by atoms with E-state index in [9.17, 15) is 9.50 Å². The number of para-hydroxylation sites is 1. The Bertz CT molecular complexity index is 1190. The van der Waals surface area contributed by atoms with Crippen LogP contribution < -0.4 is 4.74 Å². The van der Waals surface area contributed by atoms with Crippen LogP contribution in [-0.4, -0.2) is 45.6 Å². The van der Waals surface area contributed by atoms with Gasteiger partial charge in [-0.05, 0) is 50.2 Å². The molecule has 35 heavy (non-hydrogen) atoms. The molecular formula is C27H30FN3O4. The second kappa shape index (κ2) is 11.8. The first-order valence-electron chi connectivity index (χ1n) is 11.6. The lowest BCUT2D eigenvalue weighted by atomic mass is 10.2. The molecule has 0 aliphatic carbocycles. The third-order valence-corrected chi connectivity index (χ3v) is 5.47. The largest absolute Gasteiger partial charge is 0.468 e. The van der Waals surface area contributed by atoms with Crippen LogP contribution in [0.15, 0.2) is 77.4 Å². The van der Waals surface area contributed by atoms with Crippen molar-refractivity contribution in [1.82, 2.24) is 14.7 Å². The number of aromatic nitrogens is 2. The summed E-state index contributed by atoms with van der Waals surface area (Å²) in [4.78, 5) is 2.06. The number of ether oxygens (including phenoxy) is 2. The van der Waals surface area contributed by atoms with Crippen molar-refractivity contribution >= 4 is 0 Å². The van der Waals surface area contributed by atoms with Gasteiger partial charge in [-0.3, -0.25) is 4.90 Å². The number of furan rings is 1. The number of aryl methyl sites for hydroxylation is 1. The molecule has 2 aromatic heterocycles. The van der Waals surface area contributed by atoms with Gasteiger partial charge in [-0.1, -0.05) is 24.3 Å². The predicted octanol–water partition coefficient (Wildman–Crippen LogP) is 5.10. The molecule has 1 atom stereocenters. The minimum atomic E-state index is -0.679. The minimum absolute atomic E-state index is 0.236. The lowest BCUT2D eigenvalue weighted by molar-refractivity contribution is 0.0166. The first-order valence-corrected chi connectivity index (χ1v) is 11.6. The maximum atomic E-state index is 13.9. The van der Waals surface area contributed by atoms with Crippen LogP contribution in [0.1, 0.15) is 23.9 Å². The fraction of sp³-hybridized carbons (Fsp3) is 0.296. The van der Waals surface area contributed by atoms with Crippen molar-refractivity contribution < 1.29 is 23.4 Å². The van der Waals surface area contributed by atoms with Gasteiger partial charge in [0.1, 0.15) is 17.3 Å². The molecule has 2 aromatic carbocycles. The lowest BCUT2D eigenvalue weighted by Crippen LogP contribution is -2.34. The van der Waals surface area contributed by atoms with Crippen LogP contribution in [-0.2, 0) is 17.8 Å². The SMILES string of the molecule is CCOC[C@H](O)CN(Cc1ccco1)Cc1c(C)nn(-c2ccccc2)c1Oc1cccc(F)c1. The van der Waals surface area contributed by atoms with Crippen molar-refractivity contribution in [2.75, 3.05) is 19.8 Å². The average Bonchev–Trinajstić information content (AvgIpc) is 3.47. The number of nitrogens with zero attached hydrogens (tertiary/aromatic N) is 3. The zero-order valence-electron chi connectivity index (χ0n) is 19.9. The summed E-state index contributed by atoms with van der Waals surface area (Å²) in [5, 5.41) is 15.3. The van der Waals surface area contributed by atoms with Gasteiger partial charge in [0.25, 0.3) is 0 Å². The average molecular weight is 480 g/mol. The van der Waals surface area contributed by atoms with Crippen LogP contribution in [0, 0.1) is 12.7 Å². The van der Waals surface area contributed by atoms with Crippen molar-refractivity contribution in [2.24, 2.45) is 0 Å². The summed E-state index contributed by atoms with van der Waals surface area (Å²) in [6.45, 7) is 5.83. The summed E-state index contributed by atoms with van der Waals surface area (Å²) in [5.41, 5.74) is 2.42. The second-order valence-electron chi connectivity index (χ2n) is 8.24. The zero-order chi connectivity index (χ0) is 24.6. The Morgan fingerprint density at radius 1 is 1.09 bits per heavy atom. The van der Waals surface area contributed by atoms with E-state index >= 15 is 0 Å². The number of hydrogen-bond donors (Lipinski definition) is 1. The van der Waals surface area contributed by atoms with Crippen molar-refractivity contribution in [3.63, 3.8) is 0 Å². The van der Waals surface area contributed by atoms with Crippen molar-refractivity contribution in [2.45, 2.75) is 33.0 Å². The second-order valence-corrected chi connectivity index (χ2v) is 8.24. The Balaban J connectivity index is 1.69. The molecule has 0 radical (unpaired) electrons. The summed E-state index contributed by atoms with van der Waals surface area (Å²) in [7, 11) is 0. The standard InChI is InChI=1S/C27H30FN3O4/c1-3-33-19-23(32)16-30(17-25-13-8-14-34-25)18-26-20(2)29-31(22-10-5-4-6-11-22)27(26)35-24-12-7-9-21(28)15-24/h4-15,23,32H,3,16-19H2,1-2H3/t23-/m1/s1. The molecule has 0 aliphatic heterocycles. The van der Waals surface area contributed by atoms with Gasteiger partial charge in [-0.15, -0.1) is 0 Å². The topological polar surface area (TPSA) is 72.9 Å². The predicted molar refractivity (Wildman–Crippen MR) is 130 cm³/mol. The molecule has 0 unspecified atom stereocenters. The van der Waals surface area contributed by atoms with E-state index in [1.165, 1.54) is 12.1 Å². The van der Waals surface area contributed by atoms with E-state index in [4.69, 9.17) is 19.0 Å². The summed E-state index contributed by atoms with van der Waals surface area (Å²) in [6.07, 6.45) is 0.948. The fourth-order valence-electron chi connectivity index (χ4n) is 3.85. The molecule has 2 heterocycles. The van der Waals surface area contributed by atoms with Crippen LogP contribution in [0.5, 0.6) is 11.6 Å². The van der Waals surface area contributed by atoms with E-state index in [-0.39, 0.29) is 12.4 Å². The highest BCUT2D eigenvalue weighted by atomic mass is 19.1. The third-order valence-electron chi connectivity index (χ3n) is 5.47. The van der Waals surface area contributed by atoms with Gasteiger partial charge in [-0.25, -0.2) is 9.07 Å². The summed E-state index contributed by atoms with van der Waals surface area (Å²) in [5.74, 6) is 1.25. The molecule has 0 saturated heterocycles. The first-order chi connectivity index (χ1) is 17.0. The Morgan fingerprint density at radius 3 is 2.63 bits per heavy atom. The lowest BCUT2D eigenvalue weighted by Gasteiger charge is -2.24. The number of aliphatic hydroxyl groups excluding tert-OH is 1. The number of halogens is 1. The van der Waals surface area contributed by atoms with E-state index < -0.39 is 6.10 Å². The molecule has 8 heteroatoms. The molecule has 0 spiro atoms. The van der Waals surface area contributed by atoms with Crippen molar-refractivity contribution in [1.29, 1.82) is 0 Å². The molecule has 0 aliphatic rings. The molecule has 0 bridgehead atoms. The van der Waals surface area contributed by atoms with Gasteiger partial charge in [0.15, 0.2) is 0 Å². The summed E-state index contributed by atoms with van der Waals surface area (Å²) < 4.78 is 32.8. The minimum Gasteiger partial charge on any atom is -0.468 e. The van der Waals surface area contributed by atoms with Gasteiger partial charge < -0.3 is 19.0 Å². The van der Waals surface area contributed by atoms with Crippen LogP contribution in [0.25, 0.3) is 5.69 Å². The van der Waals surface area contributed by atoms with Crippen LogP contribution in [0.2, 0.25) is 0 Å². The molecule has 184 valence electrons. The monoisotopic (exact) mass is 479 g/mol. The molecule has 0 fully saturated rings. The van der Waals surface area contributed by atoms with Gasteiger partial charge in [0.05, 0.1) is 42.5 Å². The smallest absolute Gasteiger partial charge is 0.227 e. The molecular weight excluding hydrogens is 449 g/mol. The number of hydrogen-bond acceptors (Lipinski definition) is 6. The third kappa shape index (κ3) is 6.57. The van der Waals surface area contributed by atoms with Crippen molar-refractivity contribution in [3.8, 4) is 17.3 Å². The molecule has 4 rings (SSSR count).